The lowest BCUT2D eigenvalue weighted by Gasteiger charge is -2.31. The Kier molecular flexibility index (Phi) is 6.07. The van der Waals surface area contributed by atoms with Gasteiger partial charge in [0.05, 0.1) is 6.04 Å². The number of aromatic nitrogens is 2. The van der Waals surface area contributed by atoms with E-state index in [1.807, 2.05) is 6.92 Å². The van der Waals surface area contributed by atoms with E-state index in [1.54, 1.807) is 4.90 Å². The van der Waals surface area contributed by atoms with Crippen molar-refractivity contribution in [2.45, 2.75) is 58.9 Å². The molecule has 0 saturated carbocycles. The zero-order valence-corrected chi connectivity index (χ0v) is 18.3. The van der Waals surface area contributed by atoms with Gasteiger partial charge in [-0.2, -0.15) is 17.0 Å². The Morgan fingerprint density at radius 3 is 2.57 bits per heavy atom. The molecule has 1 aromatic heterocycles. The number of fused-ring (bicyclic) bond motifs is 1. The maximum absolute atomic E-state index is 12.7. The molecule has 1 fully saturated rings. The first-order valence-corrected chi connectivity index (χ1v) is 11.4. The summed E-state index contributed by atoms with van der Waals surface area (Å²) in [5.41, 5.74) is 1.85. The molecular weight excluding hydrogens is 378 g/mol. The lowest BCUT2D eigenvalue weighted by atomic mass is 10.0. The molecule has 2 aliphatic heterocycles. The van der Waals surface area contributed by atoms with Crippen LogP contribution in [0.3, 0.4) is 0 Å². The molecule has 0 aliphatic carbocycles. The summed E-state index contributed by atoms with van der Waals surface area (Å²) in [4.78, 5) is 23.8. The minimum atomic E-state index is -3.55. The van der Waals surface area contributed by atoms with Crippen LogP contribution in [0.5, 0.6) is 0 Å². The topological polar surface area (TPSA) is 86.7 Å². The smallest absolute Gasteiger partial charge is 0.282 e. The van der Waals surface area contributed by atoms with Crippen molar-refractivity contribution >= 4 is 21.9 Å². The van der Waals surface area contributed by atoms with Crippen molar-refractivity contribution in [2.24, 2.45) is 5.92 Å². The second-order valence-corrected chi connectivity index (χ2v) is 10.4. The summed E-state index contributed by atoms with van der Waals surface area (Å²) in [5, 5.41) is 0. The van der Waals surface area contributed by atoms with Crippen LogP contribution >= 0.6 is 0 Å². The van der Waals surface area contributed by atoms with E-state index in [1.165, 1.54) is 22.7 Å². The maximum Gasteiger partial charge on any atom is 0.282 e. The highest BCUT2D eigenvalue weighted by Crippen LogP contribution is 2.36. The van der Waals surface area contributed by atoms with E-state index in [9.17, 15) is 13.2 Å². The van der Waals surface area contributed by atoms with Gasteiger partial charge < -0.3 is 0 Å². The number of anilines is 1. The summed E-state index contributed by atoms with van der Waals surface area (Å²) in [6.07, 6.45) is 3.47. The molecule has 0 bridgehead atoms. The molecule has 1 aromatic rings. The van der Waals surface area contributed by atoms with Gasteiger partial charge in [-0.05, 0) is 38.5 Å². The molecule has 0 spiro atoms. The summed E-state index contributed by atoms with van der Waals surface area (Å²) in [6.45, 7) is 7.29. The summed E-state index contributed by atoms with van der Waals surface area (Å²) in [6, 6.07) is -0.389. The zero-order chi connectivity index (χ0) is 20.6. The van der Waals surface area contributed by atoms with Crippen LogP contribution in [0.1, 0.15) is 62.7 Å². The number of nitrogens with zero attached hydrogens (tertiary/aromatic N) is 5. The van der Waals surface area contributed by atoms with Crippen molar-refractivity contribution < 1.29 is 13.2 Å². The quantitative estimate of drug-likeness (QED) is 0.718. The standard InChI is InChI=1S/C19H31N5O3S/c1-13(2)10-12-23-17(25)9-8-15-14(3)20-18(21-19(15)23)16-7-6-11-24(16)28(26,27)22(4)5/h13,16H,6-12H2,1-5H3/t16-/m0/s1. The molecule has 0 unspecified atom stereocenters. The Morgan fingerprint density at radius 2 is 1.93 bits per heavy atom. The third kappa shape index (κ3) is 3.92. The third-order valence-corrected chi connectivity index (χ3v) is 7.50. The Balaban J connectivity index is 2.00. The molecule has 1 atom stereocenters. The largest absolute Gasteiger partial charge is 0.296 e. The van der Waals surface area contributed by atoms with Crippen LogP contribution in [0.2, 0.25) is 0 Å². The minimum absolute atomic E-state index is 0.0846. The fourth-order valence-electron chi connectivity index (χ4n) is 3.85. The summed E-state index contributed by atoms with van der Waals surface area (Å²) in [5.74, 6) is 1.74. The molecule has 1 saturated heterocycles. The van der Waals surface area contributed by atoms with Crippen molar-refractivity contribution in [3.63, 3.8) is 0 Å². The molecule has 28 heavy (non-hydrogen) atoms. The van der Waals surface area contributed by atoms with E-state index in [4.69, 9.17) is 4.98 Å². The molecule has 0 aromatic carbocycles. The Labute approximate surface area is 168 Å². The first-order valence-electron chi connectivity index (χ1n) is 10.00. The van der Waals surface area contributed by atoms with Crippen LogP contribution < -0.4 is 4.90 Å². The highest BCUT2D eigenvalue weighted by molar-refractivity contribution is 7.86. The van der Waals surface area contributed by atoms with Crippen molar-refractivity contribution in [3.05, 3.63) is 17.1 Å². The number of amides is 1. The van der Waals surface area contributed by atoms with Gasteiger partial charge in [-0.3, -0.25) is 9.69 Å². The number of hydrogen-bond donors (Lipinski definition) is 0. The van der Waals surface area contributed by atoms with Gasteiger partial charge in [-0.1, -0.05) is 13.8 Å². The molecule has 2 aliphatic rings. The maximum atomic E-state index is 12.7. The van der Waals surface area contributed by atoms with E-state index >= 15 is 0 Å². The van der Waals surface area contributed by atoms with Crippen LogP contribution in [-0.4, -0.2) is 60.1 Å². The van der Waals surface area contributed by atoms with Crippen molar-refractivity contribution in [2.75, 3.05) is 32.1 Å². The second-order valence-electron chi connectivity index (χ2n) is 8.26. The number of aryl methyl sites for hydroxylation is 1. The lowest BCUT2D eigenvalue weighted by Crippen LogP contribution is -2.41. The number of rotatable bonds is 6. The van der Waals surface area contributed by atoms with Crippen molar-refractivity contribution in [3.8, 4) is 0 Å². The van der Waals surface area contributed by atoms with Gasteiger partial charge in [-0.25, -0.2) is 9.97 Å². The van der Waals surface area contributed by atoms with E-state index in [0.29, 0.717) is 49.9 Å². The van der Waals surface area contributed by atoms with Crippen molar-refractivity contribution in [1.29, 1.82) is 0 Å². The molecule has 156 valence electrons. The Hall–Kier alpha value is -1.58. The van der Waals surface area contributed by atoms with Gasteiger partial charge in [0.15, 0.2) is 0 Å². The first kappa shape index (κ1) is 21.1. The zero-order valence-electron chi connectivity index (χ0n) is 17.5. The average Bonchev–Trinajstić information content (AvgIpc) is 3.10. The molecule has 3 rings (SSSR count). The summed E-state index contributed by atoms with van der Waals surface area (Å²) < 4.78 is 28.1. The van der Waals surface area contributed by atoms with Crippen LogP contribution in [0.25, 0.3) is 0 Å². The van der Waals surface area contributed by atoms with Crippen LogP contribution in [0.15, 0.2) is 0 Å². The number of carbonyl (C=O) groups is 1. The van der Waals surface area contributed by atoms with E-state index in [2.05, 4.69) is 18.8 Å². The molecule has 8 nitrogen and oxygen atoms in total. The monoisotopic (exact) mass is 409 g/mol. The number of hydrogen-bond acceptors (Lipinski definition) is 5. The second kappa shape index (κ2) is 8.04. The van der Waals surface area contributed by atoms with Gasteiger partial charge >= 0.3 is 0 Å². The lowest BCUT2D eigenvalue weighted by molar-refractivity contribution is -0.119. The van der Waals surface area contributed by atoms with Gasteiger partial charge in [0, 0.05) is 44.9 Å². The molecular formula is C19H31N5O3S. The Morgan fingerprint density at radius 1 is 1.21 bits per heavy atom. The van der Waals surface area contributed by atoms with E-state index < -0.39 is 10.2 Å². The van der Waals surface area contributed by atoms with Crippen LogP contribution in [0.4, 0.5) is 5.82 Å². The normalized spacial score (nSPS) is 21.0. The van der Waals surface area contributed by atoms with Gasteiger partial charge in [0.25, 0.3) is 10.2 Å². The van der Waals surface area contributed by atoms with E-state index in [0.717, 1.165) is 24.1 Å². The van der Waals surface area contributed by atoms with E-state index in [-0.39, 0.29) is 11.9 Å². The SMILES string of the molecule is Cc1nc([C@@H]2CCCN2S(=O)(=O)N(C)C)nc2c1CCC(=O)N2CCC(C)C. The van der Waals surface area contributed by atoms with Crippen molar-refractivity contribution in [1.82, 2.24) is 18.6 Å². The van der Waals surface area contributed by atoms with Gasteiger partial charge in [0.1, 0.15) is 11.6 Å². The highest BCUT2D eigenvalue weighted by Gasteiger charge is 2.39. The van der Waals surface area contributed by atoms with Crippen LogP contribution in [-0.2, 0) is 21.4 Å². The molecule has 3 heterocycles. The van der Waals surface area contributed by atoms with Gasteiger partial charge in [0.2, 0.25) is 5.91 Å². The summed E-state index contributed by atoms with van der Waals surface area (Å²) in [7, 11) is -0.472. The predicted octanol–water partition coefficient (Wildman–Crippen LogP) is 2.05. The molecule has 0 N–H and O–H groups in total. The molecule has 0 radical (unpaired) electrons. The average molecular weight is 410 g/mol. The predicted molar refractivity (Wildman–Crippen MR) is 108 cm³/mol. The Bertz CT molecular complexity index is 853. The minimum Gasteiger partial charge on any atom is -0.296 e. The third-order valence-electron chi connectivity index (χ3n) is 5.54. The molecule has 1 amide bonds. The van der Waals surface area contributed by atoms with Gasteiger partial charge in [-0.15, -0.1) is 0 Å². The van der Waals surface area contributed by atoms with Crippen LogP contribution in [0, 0.1) is 12.8 Å². The highest BCUT2D eigenvalue weighted by atomic mass is 32.2. The first-order chi connectivity index (χ1) is 13.1. The number of carbonyl (C=O) groups excluding carboxylic acids is 1. The fourth-order valence-corrected chi connectivity index (χ4v) is 5.15. The fraction of sp³-hybridized carbons (Fsp3) is 0.737. The summed E-state index contributed by atoms with van der Waals surface area (Å²) >= 11 is 0. The molecule has 9 heteroatoms.